The number of hydrogen-bond acceptors (Lipinski definition) is 5. The van der Waals surface area contributed by atoms with Gasteiger partial charge in [-0.2, -0.15) is 13.2 Å². The van der Waals surface area contributed by atoms with Crippen LogP contribution in [0.2, 0.25) is 5.02 Å². The summed E-state index contributed by atoms with van der Waals surface area (Å²) in [6.07, 6.45) is -4.93. The molecule has 0 aliphatic carbocycles. The zero-order chi connectivity index (χ0) is 23.3. The first-order valence-corrected chi connectivity index (χ1v) is 10.3. The van der Waals surface area contributed by atoms with Crippen LogP contribution in [0.4, 0.5) is 24.5 Å². The molecule has 2 aromatic rings. The number of nitrogens with one attached hydrogen (secondary N) is 1. The van der Waals surface area contributed by atoms with Gasteiger partial charge >= 0.3 is 6.18 Å². The van der Waals surface area contributed by atoms with Crippen molar-refractivity contribution in [3.05, 3.63) is 52.5 Å². The molecule has 32 heavy (non-hydrogen) atoms. The van der Waals surface area contributed by atoms with Crippen LogP contribution in [0.1, 0.15) is 28.8 Å². The van der Waals surface area contributed by atoms with Crippen LogP contribution in [0.3, 0.4) is 0 Å². The molecule has 1 saturated heterocycles. The number of ketones is 1. The molecule has 0 atom stereocenters. The predicted molar refractivity (Wildman–Crippen MR) is 115 cm³/mol. The zero-order valence-electron chi connectivity index (χ0n) is 17.3. The van der Waals surface area contributed by atoms with Gasteiger partial charge in [-0.15, -0.1) is 0 Å². The molecule has 1 N–H and O–H groups in total. The lowest BCUT2D eigenvalue weighted by molar-refractivity contribution is -0.137. The maximum Gasteiger partial charge on any atom is 0.416 e. The molecule has 1 aliphatic rings. The van der Waals surface area contributed by atoms with Crippen molar-refractivity contribution in [2.24, 2.45) is 0 Å². The van der Waals surface area contributed by atoms with Crippen LogP contribution in [0.5, 0.6) is 5.75 Å². The van der Waals surface area contributed by atoms with Crippen LogP contribution >= 0.6 is 11.6 Å². The minimum absolute atomic E-state index is 0.0412. The largest absolute Gasteiger partial charge is 0.496 e. The van der Waals surface area contributed by atoms with Crippen molar-refractivity contribution >= 4 is 34.7 Å². The van der Waals surface area contributed by atoms with E-state index in [1.165, 1.54) is 19.2 Å². The molecule has 0 unspecified atom stereocenters. The minimum Gasteiger partial charge on any atom is -0.496 e. The lowest BCUT2D eigenvalue weighted by Crippen LogP contribution is -2.36. The molecule has 3 rings (SSSR count). The van der Waals surface area contributed by atoms with Gasteiger partial charge in [-0.1, -0.05) is 11.6 Å². The first kappa shape index (κ1) is 23.9. The molecule has 1 amide bonds. The van der Waals surface area contributed by atoms with Gasteiger partial charge in [0.2, 0.25) is 5.91 Å². The van der Waals surface area contributed by atoms with Crippen LogP contribution in [0.15, 0.2) is 36.4 Å². The lowest BCUT2D eigenvalue weighted by atomic mass is 10.0. The number of methoxy groups -OCH3 is 1. The number of alkyl halides is 3. The van der Waals surface area contributed by atoms with Gasteiger partial charge in [-0.05, 0) is 36.4 Å². The Morgan fingerprint density at radius 1 is 1.12 bits per heavy atom. The number of carbonyl (C=O) groups is 2. The first-order chi connectivity index (χ1) is 15.2. The van der Waals surface area contributed by atoms with E-state index >= 15 is 0 Å². The number of Topliss-reactive ketones (excluding diaryl/α,β-unsaturated/α-hetero) is 1. The number of nitrogens with zero attached hydrogens (tertiary/aromatic N) is 1. The molecule has 1 aliphatic heterocycles. The summed E-state index contributed by atoms with van der Waals surface area (Å²) >= 11 is 5.94. The summed E-state index contributed by atoms with van der Waals surface area (Å²) in [7, 11) is 1.41. The Hall–Kier alpha value is -2.78. The second-order valence-electron chi connectivity index (χ2n) is 7.15. The maximum absolute atomic E-state index is 13.2. The first-order valence-electron chi connectivity index (χ1n) is 9.89. The highest BCUT2D eigenvalue weighted by atomic mass is 35.5. The van der Waals surface area contributed by atoms with E-state index in [1.807, 2.05) is 4.90 Å². The molecule has 1 heterocycles. The predicted octanol–water partition coefficient (Wildman–Crippen LogP) is 4.81. The van der Waals surface area contributed by atoms with Gasteiger partial charge in [0.05, 0.1) is 42.8 Å². The normalized spacial score (nSPS) is 14.2. The Morgan fingerprint density at radius 3 is 2.50 bits per heavy atom. The summed E-state index contributed by atoms with van der Waals surface area (Å²) in [6, 6.07) is 7.80. The summed E-state index contributed by atoms with van der Waals surface area (Å²) < 4.78 is 50.1. The Kier molecular flexibility index (Phi) is 7.63. The number of amides is 1. The lowest BCUT2D eigenvalue weighted by Gasteiger charge is -2.31. The fourth-order valence-corrected chi connectivity index (χ4v) is 3.54. The molecule has 6 nitrogen and oxygen atoms in total. The summed E-state index contributed by atoms with van der Waals surface area (Å²) in [4.78, 5) is 26.9. The highest BCUT2D eigenvalue weighted by molar-refractivity contribution is 6.31. The summed E-state index contributed by atoms with van der Waals surface area (Å²) in [5.74, 6) is -0.614. The number of anilines is 2. The average molecular weight is 471 g/mol. The van der Waals surface area contributed by atoms with Crippen LogP contribution < -0.4 is 15.0 Å². The average Bonchev–Trinajstić information content (AvgIpc) is 2.77. The second kappa shape index (κ2) is 10.2. The van der Waals surface area contributed by atoms with E-state index in [9.17, 15) is 22.8 Å². The fraction of sp³-hybridized carbons (Fsp3) is 0.364. The fourth-order valence-electron chi connectivity index (χ4n) is 3.37. The second-order valence-corrected chi connectivity index (χ2v) is 7.58. The molecule has 172 valence electrons. The molecule has 0 spiro atoms. The van der Waals surface area contributed by atoms with Gasteiger partial charge < -0.3 is 19.7 Å². The molecular weight excluding hydrogens is 449 g/mol. The monoisotopic (exact) mass is 470 g/mol. The molecule has 2 aromatic carbocycles. The van der Waals surface area contributed by atoms with Crippen molar-refractivity contribution in [2.75, 3.05) is 43.6 Å². The van der Waals surface area contributed by atoms with E-state index in [1.54, 1.807) is 12.1 Å². The molecule has 0 radical (unpaired) electrons. The van der Waals surface area contributed by atoms with Crippen molar-refractivity contribution in [1.29, 1.82) is 0 Å². The van der Waals surface area contributed by atoms with Crippen LogP contribution in [0, 0.1) is 0 Å². The minimum atomic E-state index is -4.55. The van der Waals surface area contributed by atoms with Crippen LogP contribution in [-0.4, -0.2) is 45.1 Å². The number of hydrogen-bond donors (Lipinski definition) is 1. The third kappa shape index (κ3) is 5.92. The standard InChI is InChI=1S/C22H22ClF3N2O4/c1-31-20-6-3-15(23)13-16(20)19(29)5-7-21(30)27-17-12-14(22(24,25)26)2-4-18(17)28-8-10-32-11-9-28/h2-4,6,12-13H,5,7-11H2,1H3,(H,27,30). The Bertz CT molecular complexity index is 992. The Labute approximate surface area is 188 Å². The van der Waals surface area contributed by atoms with Gasteiger partial charge in [0.25, 0.3) is 0 Å². The number of rotatable bonds is 7. The molecular formula is C22H22ClF3N2O4. The van der Waals surface area contributed by atoms with Crippen molar-refractivity contribution in [3.8, 4) is 5.75 Å². The number of halogens is 4. The van der Waals surface area contributed by atoms with Crippen LogP contribution in [0.25, 0.3) is 0 Å². The summed E-state index contributed by atoms with van der Waals surface area (Å²) in [5, 5.41) is 2.88. The van der Waals surface area contributed by atoms with Gasteiger partial charge in [0.1, 0.15) is 5.75 Å². The Balaban J connectivity index is 1.74. The van der Waals surface area contributed by atoms with E-state index in [4.69, 9.17) is 21.1 Å². The Morgan fingerprint density at radius 2 is 1.84 bits per heavy atom. The van der Waals surface area contributed by atoms with Crippen molar-refractivity contribution in [2.45, 2.75) is 19.0 Å². The quantitative estimate of drug-likeness (QED) is 0.588. The van der Waals surface area contributed by atoms with Gasteiger partial charge in [-0.3, -0.25) is 9.59 Å². The smallest absolute Gasteiger partial charge is 0.416 e. The topological polar surface area (TPSA) is 67.9 Å². The van der Waals surface area contributed by atoms with E-state index < -0.39 is 17.6 Å². The highest BCUT2D eigenvalue weighted by Crippen LogP contribution is 2.36. The summed E-state index contributed by atoms with van der Waals surface area (Å²) in [5.41, 5.74) is -0.123. The SMILES string of the molecule is COc1ccc(Cl)cc1C(=O)CCC(=O)Nc1cc(C(F)(F)F)ccc1N1CCOCC1. The molecule has 0 bridgehead atoms. The van der Waals surface area contributed by atoms with Crippen molar-refractivity contribution in [3.63, 3.8) is 0 Å². The highest BCUT2D eigenvalue weighted by Gasteiger charge is 2.32. The van der Waals surface area contributed by atoms with E-state index in [0.29, 0.717) is 42.8 Å². The van der Waals surface area contributed by atoms with Gasteiger partial charge in [-0.25, -0.2) is 0 Å². The van der Waals surface area contributed by atoms with Crippen LogP contribution in [-0.2, 0) is 15.7 Å². The number of benzene rings is 2. The number of ether oxygens (including phenoxy) is 2. The third-order valence-corrected chi connectivity index (χ3v) is 5.23. The third-order valence-electron chi connectivity index (χ3n) is 4.99. The van der Waals surface area contributed by atoms with Gasteiger partial charge in [0, 0.05) is 31.0 Å². The molecule has 0 saturated carbocycles. The van der Waals surface area contributed by atoms with E-state index in [-0.39, 0.29) is 29.9 Å². The zero-order valence-corrected chi connectivity index (χ0v) is 18.1. The molecule has 1 fully saturated rings. The van der Waals surface area contributed by atoms with E-state index in [0.717, 1.165) is 12.1 Å². The summed E-state index contributed by atoms with van der Waals surface area (Å²) in [6.45, 7) is 1.84. The maximum atomic E-state index is 13.2. The molecule has 0 aromatic heterocycles. The van der Waals surface area contributed by atoms with Crippen molar-refractivity contribution in [1.82, 2.24) is 0 Å². The number of morpholine rings is 1. The van der Waals surface area contributed by atoms with Gasteiger partial charge in [0.15, 0.2) is 5.78 Å². The molecule has 10 heteroatoms. The van der Waals surface area contributed by atoms with E-state index in [2.05, 4.69) is 5.32 Å². The number of carbonyl (C=O) groups excluding carboxylic acids is 2. The van der Waals surface area contributed by atoms with Crippen molar-refractivity contribution < 1.29 is 32.2 Å².